The molecule has 2 atom stereocenters. The SMILES string of the molecule is Cc1ccc(F)c([C@@]2(C)N=C(N)OC[C@H]2F)c1. The van der Waals surface area contributed by atoms with Gasteiger partial charge >= 0.3 is 0 Å². The number of hydrogen-bond donors (Lipinski definition) is 1. The zero-order valence-corrected chi connectivity index (χ0v) is 9.71. The van der Waals surface area contributed by atoms with Gasteiger partial charge in [-0.05, 0) is 19.9 Å². The van der Waals surface area contributed by atoms with Gasteiger partial charge in [0.25, 0.3) is 6.02 Å². The summed E-state index contributed by atoms with van der Waals surface area (Å²) in [6.07, 6.45) is -1.42. The van der Waals surface area contributed by atoms with E-state index in [1.807, 2.05) is 6.92 Å². The summed E-state index contributed by atoms with van der Waals surface area (Å²) in [7, 11) is 0. The fourth-order valence-corrected chi connectivity index (χ4v) is 1.91. The van der Waals surface area contributed by atoms with Crippen LogP contribution in [0, 0.1) is 12.7 Å². The average molecular weight is 240 g/mol. The van der Waals surface area contributed by atoms with E-state index in [0.29, 0.717) is 0 Å². The average Bonchev–Trinajstić information content (AvgIpc) is 2.27. The van der Waals surface area contributed by atoms with Gasteiger partial charge in [-0.1, -0.05) is 17.7 Å². The summed E-state index contributed by atoms with van der Waals surface area (Å²) in [6, 6.07) is 4.41. The van der Waals surface area contributed by atoms with Crippen molar-refractivity contribution in [3.05, 3.63) is 35.1 Å². The van der Waals surface area contributed by atoms with Crippen LogP contribution in [0.1, 0.15) is 18.1 Å². The van der Waals surface area contributed by atoms with Gasteiger partial charge in [-0.15, -0.1) is 0 Å². The molecule has 3 nitrogen and oxygen atoms in total. The van der Waals surface area contributed by atoms with Crippen LogP contribution in [0.5, 0.6) is 0 Å². The fraction of sp³-hybridized carbons (Fsp3) is 0.417. The van der Waals surface area contributed by atoms with Crippen LogP contribution in [0.4, 0.5) is 8.78 Å². The minimum atomic E-state index is -1.42. The standard InChI is InChI=1S/C12H14F2N2O/c1-7-3-4-9(13)8(5-7)12(2)10(14)6-17-11(15)16-12/h3-5,10H,6H2,1-2H3,(H2,15,16)/t10-,12-/m1/s1. The molecule has 1 aliphatic heterocycles. The second-order valence-corrected chi connectivity index (χ2v) is 4.36. The smallest absolute Gasteiger partial charge is 0.283 e. The number of halogens is 2. The molecule has 0 saturated heterocycles. The Labute approximate surface area is 98.3 Å². The molecule has 0 amide bonds. The van der Waals surface area contributed by atoms with Gasteiger partial charge in [-0.25, -0.2) is 13.8 Å². The van der Waals surface area contributed by atoms with Crippen molar-refractivity contribution in [2.24, 2.45) is 10.7 Å². The number of ether oxygens (including phenoxy) is 1. The van der Waals surface area contributed by atoms with E-state index in [9.17, 15) is 8.78 Å². The van der Waals surface area contributed by atoms with Crippen molar-refractivity contribution in [2.45, 2.75) is 25.6 Å². The zero-order valence-electron chi connectivity index (χ0n) is 9.71. The summed E-state index contributed by atoms with van der Waals surface area (Å²) in [5.41, 5.74) is 5.16. The minimum absolute atomic E-state index is 0.109. The summed E-state index contributed by atoms with van der Waals surface area (Å²) in [5, 5.41) is 0. The first kappa shape index (κ1) is 11.8. The number of amidine groups is 1. The number of aryl methyl sites for hydroxylation is 1. The summed E-state index contributed by atoms with van der Waals surface area (Å²) >= 11 is 0. The molecule has 0 aromatic heterocycles. The first-order chi connectivity index (χ1) is 7.93. The Hall–Kier alpha value is -1.65. The van der Waals surface area contributed by atoms with Crippen LogP contribution < -0.4 is 5.73 Å². The van der Waals surface area contributed by atoms with Crippen LogP contribution >= 0.6 is 0 Å². The lowest BCUT2D eigenvalue weighted by Gasteiger charge is -2.33. The van der Waals surface area contributed by atoms with Crippen LogP contribution in [0.25, 0.3) is 0 Å². The summed E-state index contributed by atoms with van der Waals surface area (Å²) in [6.45, 7) is 3.12. The molecule has 1 aromatic rings. The maximum atomic E-state index is 13.9. The van der Waals surface area contributed by atoms with E-state index in [0.717, 1.165) is 5.56 Å². The molecular weight excluding hydrogens is 226 g/mol. The lowest BCUT2D eigenvalue weighted by atomic mass is 9.86. The molecule has 0 radical (unpaired) electrons. The molecule has 0 fully saturated rings. The molecule has 2 rings (SSSR count). The van der Waals surface area contributed by atoms with Gasteiger partial charge < -0.3 is 10.5 Å². The van der Waals surface area contributed by atoms with Crippen LogP contribution in [0.3, 0.4) is 0 Å². The molecule has 0 unspecified atom stereocenters. The Morgan fingerprint density at radius 2 is 2.24 bits per heavy atom. The topological polar surface area (TPSA) is 47.6 Å². The number of nitrogens with zero attached hydrogens (tertiary/aromatic N) is 1. The van der Waals surface area contributed by atoms with Gasteiger partial charge in [0.15, 0.2) is 6.17 Å². The summed E-state index contributed by atoms with van der Waals surface area (Å²) in [5.74, 6) is -0.487. The van der Waals surface area contributed by atoms with Crippen molar-refractivity contribution >= 4 is 6.02 Å². The summed E-state index contributed by atoms with van der Waals surface area (Å²) in [4.78, 5) is 3.92. The predicted molar refractivity (Wildman–Crippen MR) is 61.0 cm³/mol. The van der Waals surface area contributed by atoms with Crippen molar-refractivity contribution in [3.8, 4) is 0 Å². The summed E-state index contributed by atoms with van der Waals surface area (Å²) < 4.78 is 32.5. The maximum absolute atomic E-state index is 13.9. The monoisotopic (exact) mass is 240 g/mol. The van der Waals surface area contributed by atoms with Gasteiger partial charge in [0.1, 0.15) is 18.0 Å². The second kappa shape index (κ2) is 3.98. The highest BCUT2D eigenvalue weighted by Gasteiger charge is 2.42. The van der Waals surface area contributed by atoms with Crippen LogP contribution in [-0.2, 0) is 10.3 Å². The van der Waals surface area contributed by atoms with Crippen LogP contribution in [0.15, 0.2) is 23.2 Å². The number of aliphatic imine (C=N–C) groups is 1. The Kier molecular flexibility index (Phi) is 2.77. The minimum Gasteiger partial charge on any atom is -0.462 e. The van der Waals surface area contributed by atoms with E-state index in [2.05, 4.69) is 4.99 Å². The lowest BCUT2D eigenvalue weighted by Crippen LogP contribution is -2.43. The largest absolute Gasteiger partial charge is 0.462 e. The first-order valence-corrected chi connectivity index (χ1v) is 5.32. The van der Waals surface area contributed by atoms with Gasteiger partial charge in [-0.2, -0.15) is 0 Å². The third kappa shape index (κ3) is 1.97. The van der Waals surface area contributed by atoms with Gasteiger partial charge in [-0.3, -0.25) is 0 Å². The van der Waals surface area contributed by atoms with Gasteiger partial charge in [0.05, 0.1) is 0 Å². The lowest BCUT2D eigenvalue weighted by molar-refractivity contribution is 0.0923. The van der Waals surface area contributed by atoms with Gasteiger partial charge in [0.2, 0.25) is 0 Å². The molecular formula is C12H14F2N2O. The normalized spacial score (nSPS) is 28.5. The van der Waals surface area contributed by atoms with Gasteiger partial charge in [0, 0.05) is 5.56 Å². The number of nitrogens with two attached hydrogens (primary N) is 1. The highest BCUT2D eigenvalue weighted by atomic mass is 19.1. The number of rotatable bonds is 1. The molecule has 92 valence electrons. The molecule has 0 bridgehead atoms. The van der Waals surface area contributed by atoms with E-state index >= 15 is 0 Å². The molecule has 0 saturated carbocycles. The van der Waals surface area contributed by atoms with E-state index in [1.54, 1.807) is 12.1 Å². The molecule has 2 N–H and O–H groups in total. The predicted octanol–water partition coefficient (Wildman–Crippen LogP) is 2.03. The van der Waals surface area contributed by atoms with Crippen molar-refractivity contribution in [1.82, 2.24) is 0 Å². The fourth-order valence-electron chi connectivity index (χ4n) is 1.91. The quantitative estimate of drug-likeness (QED) is 0.816. The Morgan fingerprint density at radius 3 is 2.94 bits per heavy atom. The molecule has 0 spiro atoms. The van der Waals surface area contributed by atoms with E-state index in [-0.39, 0.29) is 18.2 Å². The highest BCUT2D eigenvalue weighted by molar-refractivity contribution is 5.73. The first-order valence-electron chi connectivity index (χ1n) is 5.32. The molecule has 1 aromatic carbocycles. The number of hydrogen-bond acceptors (Lipinski definition) is 3. The van der Waals surface area contributed by atoms with Crippen molar-refractivity contribution in [2.75, 3.05) is 6.61 Å². The molecule has 5 heteroatoms. The van der Waals surface area contributed by atoms with Crippen LogP contribution in [0.2, 0.25) is 0 Å². The van der Waals surface area contributed by atoms with Crippen LogP contribution in [-0.4, -0.2) is 18.8 Å². The maximum Gasteiger partial charge on any atom is 0.283 e. The molecule has 1 heterocycles. The Morgan fingerprint density at radius 1 is 1.53 bits per heavy atom. The Balaban J connectivity index is 2.56. The van der Waals surface area contributed by atoms with E-state index < -0.39 is 17.5 Å². The Bertz CT molecular complexity index is 476. The number of alkyl halides is 1. The molecule has 0 aliphatic carbocycles. The van der Waals surface area contributed by atoms with E-state index in [4.69, 9.17) is 10.5 Å². The number of benzene rings is 1. The zero-order chi connectivity index (χ0) is 12.6. The van der Waals surface area contributed by atoms with Crippen molar-refractivity contribution in [3.63, 3.8) is 0 Å². The third-order valence-corrected chi connectivity index (χ3v) is 3.00. The van der Waals surface area contributed by atoms with Crippen molar-refractivity contribution < 1.29 is 13.5 Å². The van der Waals surface area contributed by atoms with E-state index in [1.165, 1.54) is 13.0 Å². The highest BCUT2D eigenvalue weighted by Crippen LogP contribution is 2.35. The second-order valence-electron chi connectivity index (χ2n) is 4.36. The third-order valence-electron chi connectivity index (χ3n) is 3.00. The van der Waals surface area contributed by atoms with Crippen molar-refractivity contribution in [1.29, 1.82) is 0 Å². The molecule has 17 heavy (non-hydrogen) atoms. The molecule has 1 aliphatic rings.